The molecule has 326 valence electrons. The van der Waals surface area contributed by atoms with Crippen LogP contribution in [0.5, 0.6) is 0 Å². The Labute approximate surface area is 405 Å². The van der Waals surface area contributed by atoms with Crippen molar-refractivity contribution < 1.29 is 4.42 Å². The molecule has 5 nitrogen and oxygen atoms in total. The Morgan fingerprint density at radius 2 is 0.986 bits per heavy atom. The Morgan fingerprint density at radius 1 is 0.371 bits per heavy atom. The van der Waals surface area contributed by atoms with Crippen LogP contribution in [0.15, 0.2) is 235 Å². The maximum atomic E-state index is 6.80. The number of thiophene rings is 1. The highest BCUT2D eigenvalue weighted by Crippen LogP contribution is 2.44. The van der Waals surface area contributed by atoms with Crippen LogP contribution in [-0.4, -0.2) is 19.1 Å². The molecule has 0 aliphatic heterocycles. The van der Waals surface area contributed by atoms with E-state index >= 15 is 0 Å². The molecule has 15 aromatic rings. The van der Waals surface area contributed by atoms with E-state index in [-0.39, 0.29) is 0 Å². The van der Waals surface area contributed by atoms with E-state index < -0.39 is 0 Å². The van der Waals surface area contributed by atoms with E-state index in [0.717, 1.165) is 61.3 Å². The summed E-state index contributed by atoms with van der Waals surface area (Å²) in [6.45, 7) is 0. The predicted octanol–water partition coefficient (Wildman–Crippen LogP) is 17.6. The Kier molecular flexibility index (Phi) is 8.46. The number of fused-ring (bicyclic) bond motifs is 12. The molecular formula is C64H38N4OS. The Bertz CT molecular complexity index is 4610. The van der Waals surface area contributed by atoms with Crippen LogP contribution in [0.3, 0.4) is 0 Å². The van der Waals surface area contributed by atoms with Crippen molar-refractivity contribution in [3.63, 3.8) is 0 Å². The SMILES string of the molecule is c1ccc(-n2c3ccccc3c3ccc(-c4cccc5c4c4ccccc4n5-c4cccc(-c5ncnc6c5oc5cc(-c7cccc(-c8cccc9c8sc8ccccc89)c7)ccc56)c4)cc32)cc1. The van der Waals surface area contributed by atoms with Crippen LogP contribution < -0.4 is 0 Å². The number of furan rings is 1. The molecule has 5 heterocycles. The van der Waals surface area contributed by atoms with Gasteiger partial charge >= 0.3 is 0 Å². The maximum absolute atomic E-state index is 6.80. The summed E-state index contributed by atoms with van der Waals surface area (Å²) in [5, 5.41) is 8.46. The Hall–Kier alpha value is -9.10. The molecule has 0 bridgehead atoms. The number of para-hydroxylation sites is 3. The molecule has 0 amide bonds. The molecule has 0 aliphatic rings. The van der Waals surface area contributed by atoms with Gasteiger partial charge in [-0.15, -0.1) is 11.3 Å². The minimum absolute atomic E-state index is 0.671. The average molecular weight is 911 g/mol. The third-order valence-corrected chi connectivity index (χ3v) is 15.5. The molecule has 0 spiro atoms. The highest BCUT2D eigenvalue weighted by Gasteiger charge is 2.21. The van der Waals surface area contributed by atoms with Crippen molar-refractivity contribution in [3.05, 3.63) is 231 Å². The largest absolute Gasteiger partial charge is 0.452 e. The number of benzene rings is 10. The summed E-state index contributed by atoms with van der Waals surface area (Å²) in [7, 11) is 0. The van der Waals surface area contributed by atoms with Crippen LogP contribution in [0.2, 0.25) is 0 Å². The van der Waals surface area contributed by atoms with Crippen LogP contribution >= 0.6 is 11.3 Å². The van der Waals surface area contributed by atoms with E-state index in [9.17, 15) is 0 Å². The van der Waals surface area contributed by atoms with E-state index in [2.05, 4.69) is 234 Å². The van der Waals surface area contributed by atoms with Gasteiger partial charge in [-0.05, 0) is 106 Å². The number of nitrogens with zero attached hydrogens (tertiary/aromatic N) is 4. The van der Waals surface area contributed by atoms with Crippen molar-refractivity contribution in [1.29, 1.82) is 0 Å². The molecular weight excluding hydrogens is 873 g/mol. The zero-order valence-electron chi connectivity index (χ0n) is 37.5. The third kappa shape index (κ3) is 5.84. The van der Waals surface area contributed by atoms with Crippen molar-refractivity contribution in [1.82, 2.24) is 19.1 Å². The standard InChI is InChI=1S/C64H38N4OS/c1-2-17-44(18-3-1)67-54-26-7-4-20-48(54)49-32-31-42(36-57(49)67)46-23-13-28-56-60(46)52-22-5-8-27-55(52)68(56)45-19-11-16-43(35-45)61-63-62(66-38-65-61)53-33-30-40(37-58(53)69-63)39-14-10-15-41(34-39)47-24-12-25-51-50-21-6-9-29-59(50)70-64(47)51/h1-38H. The van der Waals surface area contributed by atoms with Gasteiger partial charge in [-0.2, -0.15) is 0 Å². The van der Waals surface area contributed by atoms with Crippen molar-refractivity contribution >= 4 is 97.2 Å². The van der Waals surface area contributed by atoms with Crippen molar-refractivity contribution in [2.45, 2.75) is 0 Å². The molecule has 0 saturated heterocycles. The van der Waals surface area contributed by atoms with E-state index in [1.54, 1.807) is 6.33 Å². The third-order valence-electron chi connectivity index (χ3n) is 14.2. The lowest BCUT2D eigenvalue weighted by atomic mass is 9.97. The summed E-state index contributed by atoms with van der Waals surface area (Å²) in [6, 6.07) is 81.0. The maximum Gasteiger partial charge on any atom is 0.180 e. The minimum atomic E-state index is 0.671. The predicted molar refractivity (Wildman–Crippen MR) is 293 cm³/mol. The number of hydrogen-bond acceptors (Lipinski definition) is 4. The summed E-state index contributed by atoms with van der Waals surface area (Å²) in [4.78, 5) is 9.69. The Balaban J connectivity index is 0.833. The van der Waals surface area contributed by atoms with Gasteiger partial charge in [0.15, 0.2) is 5.58 Å². The van der Waals surface area contributed by atoms with Gasteiger partial charge in [0.05, 0.1) is 22.1 Å². The van der Waals surface area contributed by atoms with Gasteiger partial charge in [0.2, 0.25) is 0 Å². The smallest absolute Gasteiger partial charge is 0.180 e. The van der Waals surface area contributed by atoms with Crippen LogP contribution in [0.1, 0.15) is 0 Å². The summed E-state index contributed by atoms with van der Waals surface area (Å²) in [6.07, 6.45) is 1.66. The molecule has 0 aliphatic carbocycles. The molecule has 5 aromatic heterocycles. The zero-order valence-corrected chi connectivity index (χ0v) is 38.4. The molecule has 0 atom stereocenters. The second-order valence-electron chi connectivity index (χ2n) is 18.1. The number of aromatic nitrogens is 4. The summed E-state index contributed by atoms with van der Waals surface area (Å²) in [5.41, 5.74) is 17.8. The fourth-order valence-corrected chi connectivity index (χ4v) is 12.4. The van der Waals surface area contributed by atoms with Crippen LogP contribution in [-0.2, 0) is 0 Å². The molecule has 0 saturated carbocycles. The molecule has 0 unspecified atom stereocenters. The fraction of sp³-hybridized carbons (Fsp3) is 0. The second-order valence-corrected chi connectivity index (χ2v) is 19.1. The Morgan fingerprint density at radius 3 is 1.90 bits per heavy atom. The number of hydrogen-bond donors (Lipinski definition) is 0. The molecule has 15 rings (SSSR count). The van der Waals surface area contributed by atoms with Crippen molar-refractivity contribution in [3.8, 4) is 56.0 Å². The molecule has 0 N–H and O–H groups in total. The van der Waals surface area contributed by atoms with Gasteiger partial charge in [0, 0.05) is 64.0 Å². The summed E-state index contributed by atoms with van der Waals surface area (Å²) in [5.74, 6) is 0. The first-order valence-corrected chi connectivity index (χ1v) is 24.4. The van der Waals surface area contributed by atoms with Gasteiger partial charge in [0.1, 0.15) is 23.1 Å². The van der Waals surface area contributed by atoms with E-state index in [1.165, 1.54) is 75.0 Å². The van der Waals surface area contributed by atoms with Crippen LogP contribution in [0, 0.1) is 0 Å². The van der Waals surface area contributed by atoms with Crippen molar-refractivity contribution in [2.24, 2.45) is 0 Å². The van der Waals surface area contributed by atoms with Crippen molar-refractivity contribution in [2.75, 3.05) is 0 Å². The zero-order chi connectivity index (χ0) is 45.9. The molecule has 0 fully saturated rings. The first-order valence-electron chi connectivity index (χ1n) is 23.6. The fourth-order valence-electron chi connectivity index (χ4n) is 11.1. The van der Waals surface area contributed by atoms with E-state index in [4.69, 9.17) is 14.4 Å². The highest BCUT2D eigenvalue weighted by atomic mass is 32.1. The first kappa shape index (κ1) is 38.9. The lowest BCUT2D eigenvalue weighted by Gasteiger charge is -2.11. The summed E-state index contributed by atoms with van der Waals surface area (Å²) < 4.78 is 14.2. The minimum Gasteiger partial charge on any atom is -0.452 e. The van der Waals surface area contributed by atoms with Gasteiger partial charge in [-0.3, -0.25) is 0 Å². The molecule has 6 heteroatoms. The number of rotatable bonds is 6. The van der Waals surface area contributed by atoms with Gasteiger partial charge in [-0.1, -0.05) is 152 Å². The van der Waals surface area contributed by atoms with Crippen LogP contribution in [0.4, 0.5) is 0 Å². The topological polar surface area (TPSA) is 48.8 Å². The highest BCUT2D eigenvalue weighted by molar-refractivity contribution is 7.26. The van der Waals surface area contributed by atoms with E-state index in [0.29, 0.717) is 5.58 Å². The second kappa shape index (κ2) is 15.2. The molecule has 70 heavy (non-hydrogen) atoms. The van der Waals surface area contributed by atoms with Gasteiger partial charge < -0.3 is 13.6 Å². The van der Waals surface area contributed by atoms with Gasteiger partial charge in [0.25, 0.3) is 0 Å². The van der Waals surface area contributed by atoms with Gasteiger partial charge in [-0.25, -0.2) is 9.97 Å². The quantitative estimate of drug-likeness (QED) is 0.167. The summed E-state index contributed by atoms with van der Waals surface area (Å²) >= 11 is 1.86. The average Bonchev–Trinajstić information content (AvgIpc) is 4.19. The van der Waals surface area contributed by atoms with Crippen LogP contribution in [0.25, 0.3) is 142 Å². The molecule has 10 aromatic carbocycles. The normalized spacial score (nSPS) is 12.0. The van der Waals surface area contributed by atoms with E-state index in [1.807, 2.05) is 11.3 Å². The lowest BCUT2D eigenvalue weighted by Crippen LogP contribution is -1.95. The first-order chi connectivity index (χ1) is 34.7. The monoisotopic (exact) mass is 910 g/mol. The lowest BCUT2D eigenvalue weighted by molar-refractivity contribution is 0.667. The molecule has 0 radical (unpaired) electrons.